The number of hydrogen-bond donors (Lipinski definition) is 0. The third kappa shape index (κ3) is 3.34. The Balaban J connectivity index is 1.25. The number of aromatic nitrogens is 3. The molecule has 53 heavy (non-hydrogen) atoms. The fourth-order valence-electron chi connectivity index (χ4n) is 9.71. The Morgan fingerprint density at radius 2 is 0.962 bits per heavy atom. The van der Waals surface area contributed by atoms with Crippen molar-refractivity contribution in [3.8, 4) is 0 Å². The molecule has 5 aromatic heterocycles. The number of hydrogen-bond acceptors (Lipinski definition) is 2. The number of anilines is 3. The molecule has 0 unspecified atom stereocenters. The van der Waals surface area contributed by atoms with Crippen LogP contribution in [0.5, 0.6) is 0 Å². The van der Waals surface area contributed by atoms with Gasteiger partial charge in [0.05, 0.1) is 39.5 Å². The van der Waals surface area contributed by atoms with E-state index in [9.17, 15) is 0 Å². The van der Waals surface area contributed by atoms with E-state index >= 15 is 0 Å². The first-order valence-electron chi connectivity index (χ1n) is 18.2. The summed E-state index contributed by atoms with van der Waals surface area (Å²) in [5.41, 5.74) is 10.4. The van der Waals surface area contributed by atoms with Crippen LogP contribution >= 0.6 is 0 Å². The van der Waals surface area contributed by atoms with Crippen molar-refractivity contribution < 1.29 is 0 Å². The normalized spacial score (nSPS) is 12.5. The second-order valence-electron chi connectivity index (χ2n) is 14.3. The van der Waals surface area contributed by atoms with Crippen LogP contribution < -0.4 is 4.90 Å². The second-order valence-corrected chi connectivity index (χ2v) is 14.3. The van der Waals surface area contributed by atoms with Crippen LogP contribution in [-0.4, -0.2) is 13.8 Å². The van der Waals surface area contributed by atoms with E-state index in [0.717, 1.165) is 28.2 Å². The van der Waals surface area contributed by atoms with Crippen LogP contribution in [0.25, 0.3) is 97.9 Å². The molecule has 0 saturated heterocycles. The van der Waals surface area contributed by atoms with Gasteiger partial charge in [0.2, 0.25) is 0 Å². The monoisotopic (exact) mass is 672 g/mol. The minimum atomic E-state index is 1.01. The van der Waals surface area contributed by atoms with Crippen molar-refractivity contribution >= 4 is 115 Å². The lowest BCUT2D eigenvalue weighted by Gasteiger charge is -2.28. The maximum atomic E-state index is 5.41. The summed E-state index contributed by atoms with van der Waals surface area (Å²) in [4.78, 5) is 7.85. The van der Waals surface area contributed by atoms with Crippen molar-refractivity contribution in [2.45, 2.75) is 0 Å². The number of rotatable bonds is 3. The molecule has 0 aliphatic carbocycles. The maximum absolute atomic E-state index is 5.41. The smallest absolute Gasteiger partial charge is 0.146 e. The Labute approximate surface area is 302 Å². The summed E-state index contributed by atoms with van der Waals surface area (Å²) in [6.45, 7) is 0. The molecular weight excluding hydrogens is 645 g/mol. The quantitative estimate of drug-likeness (QED) is 0.187. The van der Waals surface area contributed by atoms with Crippen molar-refractivity contribution in [1.82, 2.24) is 13.8 Å². The van der Waals surface area contributed by atoms with Gasteiger partial charge in [-0.25, -0.2) is 4.98 Å². The average Bonchev–Trinajstić information content (AvgIpc) is 3.95. The Bertz CT molecular complexity index is 3580. The van der Waals surface area contributed by atoms with E-state index in [0.29, 0.717) is 0 Å². The van der Waals surface area contributed by atoms with E-state index in [1.165, 1.54) is 86.7 Å². The minimum Gasteiger partial charge on any atom is -0.308 e. The van der Waals surface area contributed by atoms with Crippen LogP contribution in [0, 0.1) is 0 Å². The number of fused-ring (bicyclic) bond motifs is 16. The summed E-state index contributed by atoms with van der Waals surface area (Å²) in [7, 11) is 0. The van der Waals surface area contributed by atoms with Gasteiger partial charge in [-0.2, -0.15) is 0 Å². The summed E-state index contributed by atoms with van der Waals surface area (Å²) >= 11 is 0. The molecule has 0 spiro atoms. The molecule has 4 heteroatoms. The molecule has 8 aromatic carbocycles. The van der Waals surface area contributed by atoms with Crippen molar-refractivity contribution in [3.05, 3.63) is 170 Å². The summed E-state index contributed by atoms with van der Waals surface area (Å²) in [6, 6.07) is 59.7. The van der Waals surface area contributed by atoms with Crippen LogP contribution in [0.1, 0.15) is 0 Å². The lowest BCUT2D eigenvalue weighted by Crippen LogP contribution is -2.11. The summed E-state index contributed by atoms with van der Waals surface area (Å²) < 4.78 is 4.93. The zero-order valence-electron chi connectivity index (χ0n) is 28.5. The third-order valence-corrected chi connectivity index (χ3v) is 11.7. The van der Waals surface area contributed by atoms with E-state index in [1.807, 2.05) is 0 Å². The number of benzene rings is 8. The minimum absolute atomic E-state index is 1.01. The highest BCUT2D eigenvalue weighted by Gasteiger charge is 2.28. The Hall–Kier alpha value is -7.17. The van der Waals surface area contributed by atoms with Crippen LogP contribution in [0.4, 0.5) is 17.1 Å². The van der Waals surface area contributed by atoms with Gasteiger partial charge in [-0.1, -0.05) is 127 Å². The molecule has 4 nitrogen and oxygen atoms in total. The molecule has 0 fully saturated rings. The first-order chi connectivity index (χ1) is 26.3. The molecule has 244 valence electrons. The lowest BCUT2D eigenvalue weighted by molar-refractivity contribution is 1.25. The fourth-order valence-corrected chi connectivity index (χ4v) is 9.71. The van der Waals surface area contributed by atoms with Gasteiger partial charge in [0, 0.05) is 59.9 Å². The maximum Gasteiger partial charge on any atom is 0.146 e. The van der Waals surface area contributed by atoms with E-state index in [1.54, 1.807) is 0 Å². The zero-order valence-corrected chi connectivity index (χ0v) is 28.5. The van der Waals surface area contributed by atoms with Crippen molar-refractivity contribution in [3.63, 3.8) is 0 Å². The SMILES string of the molecule is c1ccc(N(c2ccccc2)c2c3ccccc3cc3c4cccc5c6c7c8cccc9c%10c%11ccccc%11ccc%10n(c7ncc6n(c23)c45)c98)cc1. The van der Waals surface area contributed by atoms with Gasteiger partial charge in [-0.05, 0) is 52.6 Å². The summed E-state index contributed by atoms with van der Waals surface area (Å²) in [5.74, 6) is 0. The molecule has 5 heterocycles. The van der Waals surface area contributed by atoms with Crippen molar-refractivity contribution in [2.24, 2.45) is 0 Å². The van der Waals surface area contributed by atoms with E-state index in [2.05, 4.69) is 184 Å². The lowest BCUT2D eigenvalue weighted by atomic mass is 10.00. The van der Waals surface area contributed by atoms with Gasteiger partial charge in [0.25, 0.3) is 0 Å². The van der Waals surface area contributed by atoms with Gasteiger partial charge >= 0.3 is 0 Å². The number of nitrogens with zero attached hydrogens (tertiary/aromatic N) is 4. The highest BCUT2D eigenvalue weighted by atomic mass is 15.2. The molecule has 0 radical (unpaired) electrons. The largest absolute Gasteiger partial charge is 0.308 e. The van der Waals surface area contributed by atoms with Crippen LogP contribution in [0.3, 0.4) is 0 Å². The Morgan fingerprint density at radius 1 is 0.377 bits per heavy atom. The molecular formula is C49H28N4. The molecule has 13 aromatic rings. The average molecular weight is 673 g/mol. The zero-order chi connectivity index (χ0) is 34.4. The van der Waals surface area contributed by atoms with Crippen LogP contribution in [0.2, 0.25) is 0 Å². The van der Waals surface area contributed by atoms with Gasteiger partial charge in [0.15, 0.2) is 0 Å². The molecule has 0 aliphatic heterocycles. The van der Waals surface area contributed by atoms with Crippen molar-refractivity contribution in [2.75, 3.05) is 4.90 Å². The Kier molecular flexibility index (Phi) is 5.08. The topological polar surface area (TPSA) is 24.9 Å². The summed E-state index contributed by atoms with van der Waals surface area (Å²) in [5, 5.41) is 15.0. The fraction of sp³-hybridized carbons (Fsp3) is 0. The standard InChI is InChI=1S/C49H28N4/c1-3-15-31(16-4-1)51(32-17-5-2-6-18-32)47-34-20-10-8-14-30(34)27-39-35-21-11-23-37-43-41(52(45(35)37)48(39)47)28-50-49-44(43)38-24-12-22-36-42-33-19-9-7-13-29(33)25-26-40(42)53(49)46(36)38/h1-28H. The highest BCUT2D eigenvalue weighted by Crippen LogP contribution is 2.51. The van der Waals surface area contributed by atoms with Crippen molar-refractivity contribution in [1.29, 1.82) is 0 Å². The molecule has 0 N–H and O–H groups in total. The predicted molar refractivity (Wildman–Crippen MR) is 223 cm³/mol. The summed E-state index contributed by atoms with van der Waals surface area (Å²) in [6.07, 6.45) is 2.13. The molecule has 0 atom stereocenters. The van der Waals surface area contributed by atoms with E-state index in [-0.39, 0.29) is 0 Å². The number of para-hydroxylation sites is 4. The van der Waals surface area contributed by atoms with Crippen LogP contribution in [-0.2, 0) is 0 Å². The first-order valence-corrected chi connectivity index (χ1v) is 18.2. The highest BCUT2D eigenvalue weighted by molar-refractivity contribution is 6.37. The molecule has 0 amide bonds. The molecule has 0 saturated carbocycles. The second kappa shape index (κ2) is 9.78. The van der Waals surface area contributed by atoms with E-state index in [4.69, 9.17) is 4.98 Å². The molecule has 0 aliphatic rings. The van der Waals surface area contributed by atoms with Gasteiger partial charge in [-0.15, -0.1) is 0 Å². The molecule has 0 bridgehead atoms. The first kappa shape index (κ1) is 27.5. The van der Waals surface area contributed by atoms with Crippen LogP contribution in [0.15, 0.2) is 170 Å². The van der Waals surface area contributed by atoms with Gasteiger partial charge in [0.1, 0.15) is 5.65 Å². The third-order valence-electron chi connectivity index (χ3n) is 11.7. The Morgan fingerprint density at radius 3 is 1.72 bits per heavy atom. The predicted octanol–water partition coefficient (Wildman–Crippen LogP) is 13.2. The number of pyridine rings is 1. The molecule has 13 rings (SSSR count). The van der Waals surface area contributed by atoms with Gasteiger partial charge < -0.3 is 9.30 Å². The van der Waals surface area contributed by atoms with Gasteiger partial charge in [-0.3, -0.25) is 4.40 Å². The van der Waals surface area contributed by atoms with E-state index < -0.39 is 0 Å².